The first-order valence-electron chi connectivity index (χ1n) is 31.7. The summed E-state index contributed by atoms with van der Waals surface area (Å²) in [7, 11) is 5.92. The molecule has 0 aromatic heterocycles. The molecule has 0 aromatic carbocycles. The van der Waals surface area contributed by atoms with Crippen LogP contribution in [0.25, 0.3) is 0 Å². The number of esters is 2. The number of rotatable bonds is 57. The fourth-order valence-electron chi connectivity index (χ4n) is 8.41. The molecule has 0 N–H and O–H groups in total. The summed E-state index contributed by atoms with van der Waals surface area (Å²) in [6.45, 7) is 4.51. The van der Waals surface area contributed by atoms with E-state index in [4.69, 9.17) is 18.9 Å². The van der Waals surface area contributed by atoms with Gasteiger partial charge < -0.3 is 33.3 Å². The standard InChI is InChI=1S/C70H117NO8/c1-6-8-10-12-14-16-18-20-22-24-26-28-30-32-34-36-38-40-42-44-46-48-50-52-54-56-58-60-67(72)77-64-66(65-78-70(69(74)75)76-63-62-71(3,4)5)79-68(73)61-59-57-55-53-51-49-47-45-43-41-39-37-35-33-31-29-27-25-23-21-19-17-15-13-11-9-7-2/h8-11,14-17,20-23,26-29,33,35,39,41,66,70H,6-7,12-13,18-19,24-25,30-32,34,36-38,40,42-65H2,1-5H3/b10-8-,11-9-,16-14-,17-15-,22-20-,23-21-,28-26-,29-27-,35-33-,41-39-. The molecule has 0 aliphatic heterocycles. The minimum absolute atomic E-state index is 0.140. The molecule has 0 amide bonds. The third-order valence-electron chi connectivity index (χ3n) is 13.2. The van der Waals surface area contributed by atoms with E-state index in [1.807, 2.05) is 21.1 Å². The second-order valence-corrected chi connectivity index (χ2v) is 21.9. The normalized spacial score (nSPS) is 13.6. The highest BCUT2D eigenvalue weighted by molar-refractivity contribution is 5.70. The van der Waals surface area contributed by atoms with E-state index in [9.17, 15) is 19.5 Å². The van der Waals surface area contributed by atoms with Gasteiger partial charge in [0.05, 0.1) is 40.3 Å². The molecule has 0 radical (unpaired) electrons. The van der Waals surface area contributed by atoms with E-state index in [0.717, 1.165) is 109 Å². The van der Waals surface area contributed by atoms with E-state index >= 15 is 0 Å². The molecule has 450 valence electrons. The topological polar surface area (TPSA) is 111 Å². The monoisotopic (exact) mass is 1100 g/mol. The fraction of sp³-hybridized carbons (Fsp3) is 0.671. The summed E-state index contributed by atoms with van der Waals surface area (Å²) in [5, 5.41) is 11.8. The molecule has 79 heavy (non-hydrogen) atoms. The number of unbranched alkanes of at least 4 members (excludes halogenated alkanes) is 22. The minimum Gasteiger partial charge on any atom is -0.545 e. The number of hydrogen-bond donors (Lipinski definition) is 0. The number of carbonyl (C=O) groups excluding carboxylic acids is 3. The molecule has 0 fully saturated rings. The van der Waals surface area contributed by atoms with Gasteiger partial charge in [-0.2, -0.15) is 0 Å². The molecule has 0 heterocycles. The molecule has 9 nitrogen and oxygen atoms in total. The number of aliphatic carboxylic acids is 1. The van der Waals surface area contributed by atoms with Crippen molar-refractivity contribution in [2.45, 2.75) is 257 Å². The third kappa shape index (κ3) is 61.2. The Morgan fingerprint density at radius 3 is 1.01 bits per heavy atom. The minimum atomic E-state index is -1.63. The second kappa shape index (κ2) is 59.8. The summed E-state index contributed by atoms with van der Waals surface area (Å²) in [6, 6.07) is 0. The first kappa shape index (κ1) is 74.7. The molecule has 0 aromatic rings. The average Bonchev–Trinajstić information content (AvgIpc) is 3.42. The van der Waals surface area contributed by atoms with Gasteiger partial charge in [0, 0.05) is 12.8 Å². The van der Waals surface area contributed by atoms with E-state index in [0.29, 0.717) is 17.4 Å². The van der Waals surface area contributed by atoms with E-state index in [1.165, 1.54) is 103 Å². The van der Waals surface area contributed by atoms with Crippen molar-refractivity contribution in [3.63, 3.8) is 0 Å². The highest BCUT2D eigenvalue weighted by Crippen LogP contribution is 2.16. The number of carboxylic acids is 1. The number of carboxylic acid groups (broad SMARTS) is 1. The van der Waals surface area contributed by atoms with Crippen LogP contribution in [-0.2, 0) is 33.3 Å². The molecular weight excluding hydrogens is 983 g/mol. The highest BCUT2D eigenvalue weighted by Gasteiger charge is 2.22. The number of allylic oxidation sites excluding steroid dienone is 20. The summed E-state index contributed by atoms with van der Waals surface area (Å²) in [5.74, 6) is -2.30. The Bertz CT molecular complexity index is 1710. The molecule has 0 spiro atoms. The van der Waals surface area contributed by atoms with Crippen molar-refractivity contribution in [3.05, 3.63) is 122 Å². The number of carbonyl (C=O) groups is 3. The van der Waals surface area contributed by atoms with Gasteiger partial charge in [0.1, 0.15) is 13.2 Å². The Morgan fingerprint density at radius 1 is 0.380 bits per heavy atom. The lowest BCUT2D eigenvalue weighted by molar-refractivity contribution is -0.870. The third-order valence-corrected chi connectivity index (χ3v) is 13.2. The maximum absolute atomic E-state index is 12.9. The summed E-state index contributed by atoms with van der Waals surface area (Å²) >= 11 is 0. The molecule has 0 bridgehead atoms. The van der Waals surface area contributed by atoms with Crippen molar-refractivity contribution in [3.8, 4) is 0 Å². The predicted octanol–water partition coefficient (Wildman–Crippen LogP) is 17.9. The molecule has 0 aliphatic rings. The van der Waals surface area contributed by atoms with E-state index < -0.39 is 24.3 Å². The fourth-order valence-corrected chi connectivity index (χ4v) is 8.41. The lowest BCUT2D eigenvalue weighted by Gasteiger charge is -2.26. The number of ether oxygens (including phenoxy) is 4. The van der Waals surface area contributed by atoms with Crippen LogP contribution >= 0.6 is 0 Å². The number of likely N-dealkylation sites (N-methyl/N-ethyl adjacent to an activating group) is 1. The van der Waals surface area contributed by atoms with Crippen LogP contribution in [0.3, 0.4) is 0 Å². The molecule has 2 unspecified atom stereocenters. The van der Waals surface area contributed by atoms with Crippen LogP contribution in [-0.4, -0.2) is 82.3 Å². The van der Waals surface area contributed by atoms with Crippen LogP contribution in [0.15, 0.2) is 122 Å². The maximum Gasteiger partial charge on any atom is 0.306 e. The summed E-state index contributed by atoms with van der Waals surface area (Å²) in [5.41, 5.74) is 0. The first-order valence-corrected chi connectivity index (χ1v) is 31.7. The van der Waals surface area contributed by atoms with Crippen molar-refractivity contribution < 1.29 is 42.9 Å². The Balaban J connectivity index is 4.23. The van der Waals surface area contributed by atoms with Gasteiger partial charge in [-0.25, -0.2) is 0 Å². The lowest BCUT2D eigenvalue weighted by atomic mass is 10.0. The predicted molar refractivity (Wildman–Crippen MR) is 333 cm³/mol. The number of nitrogens with zero attached hydrogens (tertiary/aromatic N) is 1. The van der Waals surface area contributed by atoms with Gasteiger partial charge in [-0.05, 0) is 103 Å². The van der Waals surface area contributed by atoms with Gasteiger partial charge in [0.25, 0.3) is 0 Å². The molecule has 0 aliphatic carbocycles. The van der Waals surface area contributed by atoms with Crippen LogP contribution in [0.5, 0.6) is 0 Å². The van der Waals surface area contributed by atoms with Crippen LogP contribution < -0.4 is 5.11 Å². The Hall–Kier alpha value is -4.31. The zero-order valence-corrected chi connectivity index (χ0v) is 51.2. The smallest absolute Gasteiger partial charge is 0.306 e. The SMILES string of the molecule is CC/C=C\C/C=C\C/C=C\C/C=C\C/C=C\C/C=C\CCCCCCCCCCC(=O)OC(COC(=O)CCCCCCCCCCCCCCCC/C=C\C/C=C\C/C=C\C/C=C\CC)COC(OCC[N+](C)(C)C)C(=O)[O-]. The first-order chi connectivity index (χ1) is 38.6. The van der Waals surface area contributed by atoms with Crippen LogP contribution in [0.2, 0.25) is 0 Å². The van der Waals surface area contributed by atoms with Gasteiger partial charge in [-0.3, -0.25) is 9.59 Å². The van der Waals surface area contributed by atoms with Crippen molar-refractivity contribution in [2.24, 2.45) is 0 Å². The van der Waals surface area contributed by atoms with Gasteiger partial charge in [-0.15, -0.1) is 0 Å². The highest BCUT2D eigenvalue weighted by atomic mass is 16.7. The van der Waals surface area contributed by atoms with Gasteiger partial charge in [0.15, 0.2) is 12.4 Å². The van der Waals surface area contributed by atoms with Crippen molar-refractivity contribution in [1.82, 2.24) is 0 Å². The Labute approximate surface area is 485 Å². The van der Waals surface area contributed by atoms with E-state index in [-0.39, 0.29) is 38.6 Å². The molecule has 2 atom stereocenters. The molecular formula is C70H117NO8. The van der Waals surface area contributed by atoms with Crippen molar-refractivity contribution in [1.29, 1.82) is 0 Å². The van der Waals surface area contributed by atoms with Gasteiger partial charge in [-0.1, -0.05) is 251 Å². The Morgan fingerprint density at radius 2 is 0.684 bits per heavy atom. The van der Waals surface area contributed by atoms with E-state index in [1.54, 1.807) is 0 Å². The lowest BCUT2D eigenvalue weighted by Crippen LogP contribution is -2.44. The Kier molecular flexibility index (Phi) is 56.5. The van der Waals surface area contributed by atoms with Crippen LogP contribution in [0, 0.1) is 0 Å². The van der Waals surface area contributed by atoms with Crippen LogP contribution in [0.1, 0.15) is 245 Å². The second-order valence-electron chi connectivity index (χ2n) is 21.9. The molecule has 0 saturated carbocycles. The average molecular weight is 1100 g/mol. The van der Waals surface area contributed by atoms with Crippen molar-refractivity contribution >= 4 is 17.9 Å². The maximum atomic E-state index is 12.9. The summed E-state index contributed by atoms with van der Waals surface area (Å²) in [4.78, 5) is 37.4. The zero-order valence-electron chi connectivity index (χ0n) is 51.2. The van der Waals surface area contributed by atoms with Gasteiger partial charge >= 0.3 is 11.9 Å². The van der Waals surface area contributed by atoms with E-state index in [2.05, 4.69) is 135 Å². The molecule has 9 heteroatoms. The zero-order chi connectivity index (χ0) is 57.6. The largest absolute Gasteiger partial charge is 0.545 e. The number of hydrogen-bond acceptors (Lipinski definition) is 8. The molecule has 0 saturated heterocycles. The summed E-state index contributed by atoms with van der Waals surface area (Å²) < 4.78 is 22.7. The molecule has 0 rings (SSSR count). The number of quaternary nitrogens is 1. The van der Waals surface area contributed by atoms with Crippen LogP contribution in [0.4, 0.5) is 0 Å². The summed E-state index contributed by atoms with van der Waals surface area (Å²) in [6.07, 6.45) is 81.1. The van der Waals surface area contributed by atoms with Crippen molar-refractivity contribution in [2.75, 3.05) is 47.5 Å². The van der Waals surface area contributed by atoms with Gasteiger partial charge in [0.2, 0.25) is 0 Å². The quantitative estimate of drug-likeness (QED) is 0.0195.